The Labute approximate surface area is 73.7 Å². The summed E-state index contributed by atoms with van der Waals surface area (Å²) in [6, 6.07) is 0. The molecule has 1 N–H and O–H groups in total. The van der Waals surface area contributed by atoms with Crippen molar-refractivity contribution in [1.82, 2.24) is 0 Å². The van der Waals surface area contributed by atoms with E-state index >= 15 is 0 Å². The maximum Gasteiger partial charge on any atom is 0.107 e. The van der Waals surface area contributed by atoms with E-state index in [1.807, 2.05) is 20.8 Å². The highest BCUT2D eigenvalue weighted by Gasteiger charge is 2.31. The Balaban J connectivity index is 2.14. The van der Waals surface area contributed by atoms with Gasteiger partial charge in [-0.15, -0.1) is 0 Å². The normalized spacial score (nSPS) is 25.5. The van der Waals surface area contributed by atoms with Crippen LogP contribution in [0.4, 0.5) is 0 Å². The molecule has 1 fully saturated rings. The van der Waals surface area contributed by atoms with Crippen molar-refractivity contribution in [1.29, 1.82) is 0 Å². The summed E-state index contributed by atoms with van der Waals surface area (Å²) in [7, 11) is 0. The van der Waals surface area contributed by atoms with Gasteiger partial charge >= 0.3 is 0 Å². The first-order chi connectivity index (χ1) is 5.55. The molecule has 0 radical (unpaired) electrons. The lowest BCUT2D eigenvalue weighted by molar-refractivity contribution is -0.0198. The SMILES string of the molecule is CC(OCC(C)(C)CO)C1CO1. The summed E-state index contributed by atoms with van der Waals surface area (Å²) in [6.07, 6.45) is 0.454. The third-order valence-corrected chi connectivity index (χ3v) is 2.05. The molecule has 0 aliphatic carbocycles. The predicted molar refractivity (Wildman–Crippen MR) is 46.0 cm³/mol. The molecule has 3 nitrogen and oxygen atoms in total. The van der Waals surface area contributed by atoms with Gasteiger partial charge in [-0.05, 0) is 6.92 Å². The molecule has 0 saturated carbocycles. The van der Waals surface area contributed by atoms with Crippen molar-refractivity contribution >= 4 is 0 Å². The zero-order valence-corrected chi connectivity index (χ0v) is 8.04. The molecule has 2 atom stereocenters. The van der Waals surface area contributed by atoms with Crippen LogP contribution < -0.4 is 0 Å². The molecule has 1 heterocycles. The zero-order valence-electron chi connectivity index (χ0n) is 8.04. The van der Waals surface area contributed by atoms with Crippen LogP contribution in [0.1, 0.15) is 20.8 Å². The van der Waals surface area contributed by atoms with Crippen LogP contribution in [0.2, 0.25) is 0 Å². The maximum absolute atomic E-state index is 8.95. The molecule has 0 amide bonds. The second-order valence-electron chi connectivity index (χ2n) is 4.21. The van der Waals surface area contributed by atoms with Crippen LogP contribution in [0.15, 0.2) is 0 Å². The summed E-state index contributed by atoms with van der Waals surface area (Å²) in [5, 5.41) is 8.95. The number of rotatable bonds is 5. The Morgan fingerprint density at radius 1 is 1.67 bits per heavy atom. The average molecular weight is 174 g/mol. The molecule has 2 unspecified atom stereocenters. The lowest BCUT2D eigenvalue weighted by atomic mass is 9.96. The van der Waals surface area contributed by atoms with Crippen LogP contribution >= 0.6 is 0 Å². The summed E-state index contributed by atoms with van der Waals surface area (Å²) in [5.74, 6) is 0. The lowest BCUT2D eigenvalue weighted by Gasteiger charge is -2.23. The first-order valence-electron chi connectivity index (χ1n) is 4.39. The Bertz CT molecular complexity index is 141. The Hall–Kier alpha value is -0.120. The van der Waals surface area contributed by atoms with E-state index < -0.39 is 0 Å². The van der Waals surface area contributed by atoms with Crippen molar-refractivity contribution in [2.24, 2.45) is 5.41 Å². The highest BCUT2D eigenvalue weighted by atomic mass is 16.6. The van der Waals surface area contributed by atoms with Gasteiger partial charge in [0.05, 0.1) is 25.9 Å². The van der Waals surface area contributed by atoms with E-state index in [1.54, 1.807) is 0 Å². The van der Waals surface area contributed by atoms with Crippen molar-refractivity contribution in [3.63, 3.8) is 0 Å². The first-order valence-corrected chi connectivity index (χ1v) is 4.39. The quantitative estimate of drug-likeness (QED) is 0.627. The van der Waals surface area contributed by atoms with E-state index in [9.17, 15) is 0 Å². The minimum Gasteiger partial charge on any atom is -0.396 e. The first kappa shape index (κ1) is 9.96. The van der Waals surface area contributed by atoms with Gasteiger partial charge in [0.2, 0.25) is 0 Å². The number of aliphatic hydroxyl groups excluding tert-OH is 1. The fraction of sp³-hybridized carbons (Fsp3) is 1.00. The van der Waals surface area contributed by atoms with E-state index in [0.29, 0.717) is 12.7 Å². The monoisotopic (exact) mass is 174 g/mol. The summed E-state index contributed by atoms with van der Waals surface area (Å²) in [4.78, 5) is 0. The Morgan fingerprint density at radius 3 is 2.67 bits per heavy atom. The van der Waals surface area contributed by atoms with Gasteiger partial charge in [0.15, 0.2) is 0 Å². The van der Waals surface area contributed by atoms with Gasteiger partial charge in [0.25, 0.3) is 0 Å². The third kappa shape index (κ3) is 3.09. The number of hydrogen-bond donors (Lipinski definition) is 1. The molecule has 1 aliphatic heterocycles. The van der Waals surface area contributed by atoms with Crippen LogP contribution in [-0.2, 0) is 9.47 Å². The molecule has 72 valence electrons. The summed E-state index contributed by atoms with van der Waals surface area (Å²) >= 11 is 0. The summed E-state index contributed by atoms with van der Waals surface area (Å²) < 4.78 is 10.6. The second kappa shape index (κ2) is 3.73. The molecule has 1 aliphatic rings. The Morgan fingerprint density at radius 2 is 2.25 bits per heavy atom. The standard InChI is InChI=1S/C9H18O3/c1-7(8-4-11-8)12-6-9(2,3)5-10/h7-8,10H,4-6H2,1-3H3. The van der Waals surface area contributed by atoms with Crippen molar-refractivity contribution in [2.45, 2.75) is 33.0 Å². The van der Waals surface area contributed by atoms with Gasteiger partial charge in [-0.1, -0.05) is 13.8 Å². The van der Waals surface area contributed by atoms with Crippen LogP contribution in [0, 0.1) is 5.41 Å². The van der Waals surface area contributed by atoms with Gasteiger partial charge in [-0.25, -0.2) is 0 Å². The summed E-state index contributed by atoms with van der Waals surface area (Å²) in [5.41, 5.74) is -0.136. The van der Waals surface area contributed by atoms with E-state index in [0.717, 1.165) is 6.61 Å². The lowest BCUT2D eigenvalue weighted by Crippen LogP contribution is -2.28. The molecule has 12 heavy (non-hydrogen) atoms. The number of epoxide rings is 1. The smallest absolute Gasteiger partial charge is 0.107 e. The van der Waals surface area contributed by atoms with Gasteiger partial charge in [-0.3, -0.25) is 0 Å². The fourth-order valence-corrected chi connectivity index (χ4v) is 0.837. The average Bonchev–Trinajstić information content (AvgIpc) is 2.83. The van der Waals surface area contributed by atoms with E-state index in [-0.39, 0.29) is 18.1 Å². The van der Waals surface area contributed by atoms with Crippen LogP contribution in [-0.4, -0.2) is 37.1 Å². The van der Waals surface area contributed by atoms with Crippen molar-refractivity contribution in [3.8, 4) is 0 Å². The van der Waals surface area contributed by atoms with Crippen molar-refractivity contribution in [3.05, 3.63) is 0 Å². The minimum absolute atomic E-state index is 0.136. The van der Waals surface area contributed by atoms with Gasteiger partial charge in [0.1, 0.15) is 6.10 Å². The largest absolute Gasteiger partial charge is 0.396 e. The molecule has 3 heteroatoms. The van der Waals surface area contributed by atoms with Crippen LogP contribution in [0.25, 0.3) is 0 Å². The maximum atomic E-state index is 8.95. The molecular formula is C9H18O3. The molecule has 0 aromatic carbocycles. The Kier molecular flexibility index (Phi) is 3.09. The highest BCUT2D eigenvalue weighted by Crippen LogP contribution is 2.20. The topological polar surface area (TPSA) is 42.0 Å². The number of hydrogen-bond acceptors (Lipinski definition) is 3. The molecule has 0 bridgehead atoms. The van der Waals surface area contributed by atoms with Gasteiger partial charge < -0.3 is 14.6 Å². The van der Waals surface area contributed by atoms with Crippen LogP contribution in [0.3, 0.4) is 0 Å². The van der Waals surface area contributed by atoms with E-state index in [2.05, 4.69) is 0 Å². The molecule has 1 rings (SSSR count). The summed E-state index contributed by atoms with van der Waals surface area (Å²) in [6.45, 7) is 7.53. The third-order valence-electron chi connectivity index (χ3n) is 2.05. The highest BCUT2D eigenvalue weighted by molar-refractivity contribution is 4.77. The van der Waals surface area contributed by atoms with E-state index in [4.69, 9.17) is 14.6 Å². The minimum atomic E-state index is -0.136. The fourth-order valence-electron chi connectivity index (χ4n) is 0.837. The zero-order chi connectivity index (χ0) is 9.19. The van der Waals surface area contributed by atoms with Crippen molar-refractivity contribution < 1.29 is 14.6 Å². The molecule has 0 aromatic rings. The molecular weight excluding hydrogens is 156 g/mol. The molecule has 0 spiro atoms. The second-order valence-corrected chi connectivity index (χ2v) is 4.21. The molecule has 1 saturated heterocycles. The van der Waals surface area contributed by atoms with Gasteiger partial charge in [0, 0.05) is 5.41 Å². The molecule has 0 aromatic heterocycles. The number of ether oxygens (including phenoxy) is 2. The number of aliphatic hydroxyl groups is 1. The van der Waals surface area contributed by atoms with Crippen molar-refractivity contribution in [2.75, 3.05) is 19.8 Å². The predicted octanol–water partition coefficient (Wildman–Crippen LogP) is 0.809. The van der Waals surface area contributed by atoms with E-state index in [1.165, 1.54) is 0 Å². The van der Waals surface area contributed by atoms with Crippen LogP contribution in [0.5, 0.6) is 0 Å². The van der Waals surface area contributed by atoms with Gasteiger partial charge in [-0.2, -0.15) is 0 Å².